The van der Waals surface area contributed by atoms with Crippen LogP contribution in [0.5, 0.6) is 11.5 Å². The molecule has 0 aliphatic heterocycles. The minimum absolute atomic E-state index is 0.0310. The average molecular weight is 194 g/mol. The summed E-state index contributed by atoms with van der Waals surface area (Å²) in [6.07, 6.45) is 1.36. The molecule has 0 aliphatic rings. The zero-order valence-electron chi connectivity index (χ0n) is 7.73. The lowest BCUT2D eigenvalue weighted by Gasteiger charge is -2.08. The minimum atomic E-state index is -0.0310. The highest BCUT2D eigenvalue weighted by Gasteiger charge is 2.04. The lowest BCUT2D eigenvalue weighted by atomic mass is 10.2. The van der Waals surface area contributed by atoms with E-state index in [2.05, 4.69) is 0 Å². The summed E-state index contributed by atoms with van der Waals surface area (Å²) in [5.41, 5.74) is 0.500. The molecular formula is C10H10O4. The van der Waals surface area contributed by atoms with Crippen LogP contribution in [0.2, 0.25) is 0 Å². The SMILES string of the molecule is COc1cc(C=O)ccc1OCC=O. The Kier molecular flexibility index (Phi) is 3.67. The number of hydrogen-bond donors (Lipinski definition) is 0. The van der Waals surface area contributed by atoms with E-state index in [1.807, 2.05) is 0 Å². The molecule has 4 heteroatoms. The van der Waals surface area contributed by atoms with E-state index in [4.69, 9.17) is 9.47 Å². The van der Waals surface area contributed by atoms with Gasteiger partial charge < -0.3 is 9.47 Å². The topological polar surface area (TPSA) is 52.6 Å². The first-order valence-electron chi connectivity index (χ1n) is 4.01. The Balaban J connectivity index is 2.92. The van der Waals surface area contributed by atoms with Crippen LogP contribution in [-0.4, -0.2) is 26.3 Å². The summed E-state index contributed by atoms with van der Waals surface area (Å²) in [5, 5.41) is 0. The van der Waals surface area contributed by atoms with Gasteiger partial charge in [0.05, 0.1) is 7.11 Å². The molecule has 0 unspecified atom stereocenters. The van der Waals surface area contributed by atoms with Crippen molar-refractivity contribution in [1.29, 1.82) is 0 Å². The van der Waals surface area contributed by atoms with Crippen LogP contribution in [0.25, 0.3) is 0 Å². The van der Waals surface area contributed by atoms with Gasteiger partial charge in [0.1, 0.15) is 12.9 Å². The lowest BCUT2D eigenvalue weighted by Crippen LogP contribution is -2.00. The predicted octanol–water partition coefficient (Wildman–Crippen LogP) is 1.09. The number of carbonyl (C=O) groups is 2. The molecule has 1 aromatic carbocycles. The zero-order chi connectivity index (χ0) is 10.4. The van der Waals surface area contributed by atoms with Gasteiger partial charge in [-0.05, 0) is 18.2 Å². The molecule has 0 bridgehead atoms. The Labute approximate surface area is 81.4 Å². The number of hydrogen-bond acceptors (Lipinski definition) is 4. The number of rotatable bonds is 5. The third-order valence-corrected chi connectivity index (χ3v) is 1.63. The number of methoxy groups -OCH3 is 1. The Morgan fingerprint density at radius 1 is 1.29 bits per heavy atom. The van der Waals surface area contributed by atoms with Crippen molar-refractivity contribution in [3.8, 4) is 11.5 Å². The molecule has 4 nitrogen and oxygen atoms in total. The number of ether oxygens (including phenoxy) is 2. The van der Waals surface area contributed by atoms with E-state index in [0.717, 1.165) is 0 Å². The summed E-state index contributed by atoms with van der Waals surface area (Å²) in [5.74, 6) is 0.890. The summed E-state index contributed by atoms with van der Waals surface area (Å²) >= 11 is 0. The molecule has 0 atom stereocenters. The average Bonchev–Trinajstić information content (AvgIpc) is 2.26. The standard InChI is InChI=1S/C10H10O4/c1-13-10-6-8(7-12)2-3-9(10)14-5-4-11/h2-4,6-7H,5H2,1H3. The lowest BCUT2D eigenvalue weighted by molar-refractivity contribution is -0.109. The molecule has 0 saturated heterocycles. The Bertz CT molecular complexity index is 333. The molecule has 1 rings (SSSR count). The quantitative estimate of drug-likeness (QED) is 0.658. The van der Waals surface area contributed by atoms with Gasteiger partial charge in [-0.3, -0.25) is 9.59 Å². The first-order valence-corrected chi connectivity index (χ1v) is 4.01. The third kappa shape index (κ3) is 2.32. The van der Waals surface area contributed by atoms with Crippen LogP contribution in [0.1, 0.15) is 10.4 Å². The highest BCUT2D eigenvalue weighted by molar-refractivity contribution is 5.76. The fourth-order valence-electron chi connectivity index (χ4n) is 1.00. The van der Waals surface area contributed by atoms with Crippen LogP contribution in [-0.2, 0) is 4.79 Å². The summed E-state index contributed by atoms with van der Waals surface area (Å²) in [7, 11) is 1.47. The van der Waals surface area contributed by atoms with Crippen molar-refractivity contribution in [2.24, 2.45) is 0 Å². The molecule has 0 N–H and O–H groups in total. The van der Waals surface area contributed by atoms with Crippen LogP contribution >= 0.6 is 0 Å². The van der Waals surface area contributed by atoms with Gasteiger partial charge in [-0.2, -0.15) is 0 Å². The summed E-state index contributed by atoms with van der Waals surface area (Å²) in [6, 6.07) is 4.73. The van der Waals surface area contributed by atoms with E-state index in [9.17, 15) is 9.59 Å². The third-order valence-electron chi connectivity index (χ3n) is 1.63. The van der Waals surface area contributed by atoms with Crippen molar-refractivity contribution in [2.75, 3.05) is 13.7 Å². The van der Waals surface area contributed by atoms with Crippen molar-refractivity contribution >= 4 is 12.6 Å². The Morgan fingerprint density at radius 2 is 2.07 bits per heavy atom. The van der Waals surface area contributed by atoms with Crippen LogP contribution in [0.15, 0.2) is 18.2 Å². The van der Waals surface area contributed by atoms with Crippen LogP contribution in [0.4, 0.5) is 0 Å². The first kappa shape index (κ1) is 10.2. The normalized spacial score (nSPS) is 9.21. The highest BCUT2D eigenvalue weighted by Crippen LogP contribution is 2.27. The number of carbonyl (C=O) groups excluding carboxylic acids is 2. The smallest absolute Gasteiger partial charge is 0.161 e. The molecule has 0 aliphatic carbocycles. The van der Waals surface area contributed by atoms with Gasteiger partial charge >= 0.3 is 0 Å². The maximum absolute atomic E-state index is 10.4. The molecule has 74 valence electrons. The largest absolute Gasteiger partial charge is 0.493 e. The molecule has 1 aromatic rings. The minimum Gasteiger partial charge on any atom is -0.493 e. The predicted molar refractivity (Wildman–Crippen MR) is 49.9 cm³/mol. The van der Waals surface area contributed by atoms with Crippen molar-refractivity contribution < 1.29 is 19.1 Å². The van der Waals surface area contributed by atoms with Crippen molar-refractivity contribution in [3.05, 3.63) is 23.8 Å². The zero-order valence-corrected chi connectivity index (χ0v) is 7.73. The van der Waals surface area contributed by atoms with Crippen molar-refractivity contribution in [1.82, 2.24) is 0 Å². The molecule has 0 spiro atoms. The van der Waals surface area contributed by atoms with E-state index >= 15 is 0 Å². The van der Waals surface area contributed by atoms with Gasteiger partial charge in [0.2, 0.25) is 0 Å². The fraction of sp³-hybridized carbons (Fsp3) is 0.200. The molecule has 0 radical (unpaired) electrons. The molecule has 0 heterocycles. The van der Waals surface area contributed by atoms with Gasteiger partial charge in [-0.15, -0.1) is 0 Å². The number of benzene rings is 1. The van der Waals surface area contributed by atoms with Crippen LogP contribution in [0.3, 0.4) is 0 Å². The molecule has 0 fully saturated rings. The first-order chi connectivity index (χ1) is 6.81. The van der Waals surface area contributed by atoms with Crippen LogP contribution in [0, 0.1) is 0 Å². The van der Waals surface area contributed by atoms with Crippen LogP contribution < -0.4 is 9.47 Å². The molecule has 0 aromatic heterocycles. The van der Waals surface area contributed by atoms with E-state index in [0.29, 0.717) is 29.6 Å². The van der Waals surface area contributed by atoms with E-state index in [-0.39, 0.29) is 6.61 Å². The second kappa shape index (κ2) is 5.01. The second-order valence-corrected chi connectivity index (χ2v) is 2.51. The highest BCUT2D eigenvalue weighted by atomic mass is 16.5. The second-order valence-electron chi connectivity index (χ2n) is 2.51. The van der Waals surface area contributed by atoms with Gasteiger partial charge in [0.25, 0.3) is 0 Å². The summed E-state index contributed by atoms with van der Waals surface area (Å²) < 4.78 is 10.1. The Hall–Kier alpha value is -1.84. The van der Waals surface area contributed by atoms with Gasteiger partial charge in [-0.25, -0.2) is 0 Å². The molecule has 0 amide bonds. The van der Waals surface area contributed by atoms with Gasteiger partial charge in [-0.1, -0.05) is 0 Å². The van der Waals surface area contributed by atoms with E-state index in [1.54, 1.807) is 18.2 Å². The monoisotopic (exact) mass is 194 g/mol. The van der Waals surface area contributed by atoms with Crippen molar-refractivity contribution in [2.45, 2.75) is 0 Å². The molecule has 0 saturated carbocycles. The van der Waals surface area contributed by atoms with Gasteiger partial charge in [0.15, 0.2) is 17.8 Å². The van der Waals surface area contributed by atoms with Crippen molar-refractivity contribution in [3.63, 3.8) is 0 Å². The maximum Gasteiger partial charge on any atom is 0.161 e. The summed E-state index contributed by atoms with van der Waals surface area (Å²) in [6.45, 7) is -0.0310. The van der Waals surface area contributed by atoms with E-state index in [1.165, 1.54) is 7.11 Å². The fourth-order valence-corrected chi connectivity index (χ4v) is 1.00. The maximum atomic E-state index is 10.4. The Morgan fingerprint density at radius 3 is 2.64 bits per heavy atom. The van der Waals surface area contributed by atoms with Gasteiger partial charge in [0, 0.05) is 5.56 Å². The summed E-state index contributed by atoms with van der Waals surface area (Å²) in [4.78, 5) is 20.5. The molecule has 14 heavy (non-hydrogen) atoms. The molecular weight excluding hydrogens is 184 g/mol. The number of aldehydes is 2. The van der Waals surface area contributed by atoms with E-state index < -0.39 is 0 Å².